The third-order valence-electron chi connectivity index (χ3n) is 3.63. The Hall–Kier alpha value is -1.10. The molecule has 0 aromatic heterocycles. The third kappa shape index (κ3) is 4.64. The van der Waals surface area contributed by atoms with Crippen LogP contribution in [0.1, 0.15) is 47.0 Å². The van der Waals surface area contributed by atoms with E-state index in [2.05, 4.69) is 5.32 Å². The molecule has 3 N–H and O–H groups in total. The molecular formula is C13H25NO4. The van der Waals surface area contributed by atoms with Crippen LogP contribution in [-0.2, 0) is 9.59 Å². The number of rotatable bonds is 8. The highest BCUT2D eigenvalue weighted by atomic mass is 16.4. The van der Waals surface area contributed by atoms with Crippen molar-refractivity contribution in [3.05, 3.63) is 0 Å². The highest BCUT2D eigenvalue weighted by Gasteiger charge is 2.38. The number of aliphatic carboxylic acids is 1. The number of aliphatic hydroxyl groups excluding tert-OH is 1. The molecular weight excluding hydrogens is 234 g/mol. The first kappa shape index (κ1) is 16.9. The summed E-state index contributed by atoms with van der Waals surface area (Å²) in [5.74, 6) is -1.35. The fourth-order valence-electron chi connectivity index (χ4n) is 1.67. The summed E-state index contributed by atoms with van der Waals surface area (Å²) >= 11 is 0. The Bertz CT molecular complexity index is 291. The number of carboxylic acid groups (broad SMARTS) is 1. The van der Waals surface area contributed by atoms with Crippen molar-refractivity contribution in [1.82, 2.24) is 5.32 Å². The summed E-state index contributed by atoms with van der Waals surface area (Å²) in [6, 6.07) is -0.0901. The Morgan fingerprint density at radius 1 is 1.33 bits per heavy atom. The first-order valence-electron chi connectivity index (χ1n) is 6.41. The van der Waals surface area contributed by atoms with E-state index >= 15 is 0 Å². The zero-order valence-electron chi connectivity index (χ0n) is 11.7. The number of aliphatic hydroxyl groups is 1. The predicted molar refractivity (Wildman–Crippen MR) is 69.1 cm³/mol. The number of hydrogen-bond acceptors (Lipinski definition) is 3. The van der Waals surface area contributed by atoms with Gasteiger partial charge in [0, 0.05) is 19.1 Å². The molecule has 0 bridgehead atoms. The zero-order valence-corrected chi connectivity index (χ0v) is 11.7. The summed E-state index contributed by atoms with van der Waals surface area (Å²) < 4.78 is 0. The van der Waals surface area contributed by atoms with Gasteiger partial charge in [0.15, 0.2) is 0 Å². The molecule has 5 nitrogen and oxygen atoms in total. The Morgan fingerprint density at radius 3 is 2.22 bits per heavy atom. The van der Waals surface area contributed by atoms with Crippen LogP contribution < -0.4 is 5.32 Å². The van der Waals surface area contributed by atoms with Gasteiger partial charge in [-0.05, 0) is 25.7 Å². The van der Waals surface area contributed by atoms with Gasteiger partial charge in [0.2, 0.25) is 5.91 Å². The lowest BCUT2D eigenvalue weighted by atomic mass is 9.76. The van der Waals surface area contributed by atoms with E-state index in [0.717, 1.165) is 6.42 Å². The summed E-state index contributed by atoms with van der Waals surface area (Å²) in [4.78, 5) is 23.1. The molecule has 0 fully saturated rings. The average molecular weight is 259 g/mol. The average Bonchev–Trinajstić information content (AvgIpc) is 2.27. The second kappa shape index (κ2) is 7.36. The molecule has 0 radical (unpaired) electrons. The zero-order chi connectivity index (χ0) is 14.3. The number of hydrogen-bond donors (Lipinski definition) is 3. The lowest BCUT2D eigenvalue weighted by molar-refractivity contribution is -0.153. The molecule has 0 aliphatic carbocycles. The first-order valence-corrected chi connectivity index (χ1v) is 6.41. The van der Waals surface area contributed by atoms with Crippen LogP contribution in [0, 0.1) is 11.3 Å². The number of carboxylic acids is 1. The second-order valence-corrected chi connectivity index (χ2v) is 5.24. The van der Waals surface area contributed by atoms with E-state index in [1.807, 2.05) is 6.92 Å². The number of nitrogens with one attached hydrogen (secondary N) is 1. The molecule has 0 saturated heterocycles. The maximum absolute atomic E-state index is 11.9. The SMILES string of the molecule is CCC(CCO)NC(=O)CC(C)(C(=O)O)C(C)C. The summed E-state index contributed by atoms with van der Waals surface area (Å²) in [7, 11) is 0. The van der Waals surface area contributed by atoms with Crippen LogP contribution in [0.4, 0.5) is 0 Å². The van der Waals surface area contributed by atoms with E-state index in [4.69, 9.17) is 5.11 Å². The van der Waals surface area contributed by atoms with Gasteiger partial charge in [0.05, 0.1) is 5.41 Å². The quantitative estimate of drug-likeness (QED) is 0.615. The van der Waals surface area contributed by atoms with Gasteiger partial charge in [-0.25, -0.2) is 0 Å². The van der Waals surface area contributed by atoms with Crippen LogP contribution in [0.3, 0.4) is 0 Å². The molecule has 5 heteroatoms. The van der Waals surface area contributed by atoms with Gasteiger partial charge in [-0.2, -0.15) is 0 Å². The van der Waals surface area contributed by atoms with Crippen LogP contribution in [0.2, 0.25) is 0 Å². The predicted octanol–water partition coefficient (Wildman–Crippen LogP) is 1.40. The van der Waals surface area contributed by atoms with Crippen LogP contribution in [0.25, 0.3) is 0 Å². The second-order valence-electron chi connectivity index (χ2n) is 5.24. The standard InChI is InChI=1S/C13H25NO4/c1-5-10(6-7-15)14-11(16)8-13(4,9(2)3)12(17)18/h9-10,15H,5-8H2,1-4H3,(H,14,16)(H,17,18). The van der Waals surface area contributed by atoms with Gasteiger partial charge in [0.25, 0.3) is 0 Å². The minimum Gasteiger partial charge on any atom is -0.481 e. The normalized spacial score (nSPS) is 16.1. The van der Waals surface area contributed by atoms with Crippen molar-refractivity contribution in [1.29, 1.82) is 0 Å². The van der Waals surface area contributed by atoms with Crippen molar-refractivity contribution < 1.29 is 19.8 Å². The summed E-state index contributed by atoms with van der Waals surface area (Å²) in [6.07, 6.45) is 1.17. The summed E-state index contributed by atoms with van der Waals surface area (Å²) in [6.45, 7) is 7.12. The monoisotopic (exact) mass is 259 g/mol. The third-order valence-corrected chi connectivity index (χ3v) is 3.63. The molecule has 0 aromatic carbocycles. The minimum atomic E-state index is -1.05. The maximum atomic E-state index is 11.9. The van der Waals surface area contributed by atoms with Crippen LogP contribution in [0.15, 0.2) is 0 Å². The molecule has 0 saturated carbocycles. The fraction of sp³-hybridized carbons (Fsp3) is 0.846. The molecule has 0 aromatic rings. The molecule has 106 valence electrons. The Balaban J connectivity index is 4.57. The summed E-state index contributed by atoms with van der Waals surface area (Å²) in [5, 5.41) is 20.8. The van der Waals surface area contributed by atoms with Gasteiger partial charge in [-0.15, -0.1) is 0 Å². The van der Waals surface area contributed by atoms with E-state index in [0.29, 0.717) is 6.42 Å². The van der Waals surface area contributed by atoms with Gasteiger partial charge in [-0.3, -0.25) is 9.59 Å². The van der Waals surface area contributed by atoms with Crippen molar-refractivity contribution in [2.24, 2.45) is 11.3 Å². The van der Waals surface area contributed by atoms with E-state index in [1.54, 1.807) is 20.8 Å². The van der Waals surface area contributed by atoms with E-state index in [9.17, 15) is 14.7 Å². The van der Waals surface area contributed by atoms with Crippen LogP contribution >= 0.6 is 0 Å². The molecule has 2 atom stereocenters. The van der Waals surface area contributed by atoms with Crippen LogP contribution in [0.5, 0.6) is 0 Å². The van der Waals surface area contributed by atoms with Crippen molar-refractivity contribution in [3.63, 3.8) is 0 Å². The van der Waals surface area contributed by atoms with E-state index < -0.39 is 11.4 Å². The molecule has 1 amide bonds. The highest BCUT2D eigenvalue weighted by Crippen LogP contribution is 2.31. The molecule has 0 heterocycles. The molecule has 2 unspecified atom stereocenters. The van der Waals surface area contributed by atoms with E-state index in [-0.39, 0.29) is 30.9 Å². The van der Waals surface area contributed by atoms with E-state index in [1.165, 1.54) is 0 Å². The van der Waals surface area contributed by atoms with Gasteiger partial charge in [0.1, 0.15) is 0 Å². The Morgan fingerprint density at radius 2 is 1.89 bits per heavy atom. The van der Waals surface area contributed by atoms with Crippen LogP contribution in [-0.4, -0.2) is 34.7 Å². The maximum Gasteiger partial charge on any atom is 0.310 e. The number of carbonyl (C=O) groups is 2. The summed E-state index contributed by atoms with van der Waals surface area (Å²) in [5.41, 5.74) is -1.05. The van der Waals surface area contributed by atoms with Gasteiger partial charge < -0.3 is 15.5 Å². The molecule has 18 heavy (non-hydrogen) atoms. The van der Waals surface area contributed by atoms with Crippen molar-refractivity contribution in [3.8, 4) is 0 Å². The molecule has 0 aliphatic rings. The number of amides is 1. The van der Waals surface area contributed by atoms with Crippen molar-refractivity contribution in [2.75, 3.05) is 6.61 Å². The smallest absolute Gasteiger partial charge is 0.310 e. The first-order chi connectivity index (χ1) is 8.27. The highest BCUT2D eigenvalue weighted by molar-refractivity contribution is 5.85. The fourth-order valence-corrected chi connectivity index (χ4v) is 1.67. The van der Waals surface area contributed by atoms with Gasteiger partial charge >= 0.3 is 5.97 Å². The number of carbonyl (C=O) groups excluding carboxylic acids is 1. The Kier molecular flexibility index (Phi) is 6.91. The Labute approximate surface area is 109 Å². The molecule has 0 spiro atoms. The van der Waals surface area contributed by atoms with Crippen molar-refractivity contribution in [2.45, 2.75) is 53.0 Å². The topological polar surface area (TPSA) is 86.6 Å². The molecule has 0 rings (SSSR count). The lowest BCUT2D eigenvalue weighted by Gasteiger charge is -2.29. The largest absolute Gasteiger partial charge is 0.481 e. The minimum absolute atomic E-state index is 0.0131. The van der Waals surface area contributed by atoms with Gasteiger partial charge in [-0.1, -0.05) is 20.8 Å². The van der Waals surface area contributed by atoms with Crippen molar-refractivity contribution >= 4 is 11.9 Å². The molecule has 0 aliphatic heterocycles. The lowest BCUT2D eigenvalue weighted by Crippen LogP contribution is -2.42.